The van der Waals surface area contributed by atoms with Crippen molar-refractivity contribution < 1.29 is 9.53 Å². The van der Waals surface area contributed by atoms with Crippen molar-refractivity contribution >= 4 is 17.7 Å². The number of nitrogens with two attached hydrogens (primary N) is 1. The molecule has 20 heavy (non-hydrogen) atoms. The highest BCUT2D eigenvalue weighted by molar-refractivity contribution is 6.02. The molecule has 0 fully saturated rings. The van der Waals surface area contributed by atoms with Gasteiger partial charge in [0.1, 0.15) is 5.75 Å². The van der Waals surface area contributed by atoms with Crippen LogP contribution < -0.4 is 15.6 Å². The lowest BCUT2D eigenvalue weighted by Gasteiger charge is -2.14. The van der Waals surface area contributed by atoms with Crippen LogP contribution in [0.3, 0.4) is 0 Å². The number of methoxy groups -OCH3 is 1. The number of amides is 1. The van der Waals surface area contributed by atoms with Crippen LogP contribution in [0.1, 0.15) is 5.56 Å². The zero-order valence-electron chi connectivity index (χ0n) is 11.2. The van der Waals surface area contributed by atoms with Crippen molar-refractivity contribution in [1.82, 2.24) is 0 Å². The van der Waals surface area contributed by atoms with Gasteiger partial charge in [0.25, 0.3) is 5.91 Å². The maximum atomic E-state index is 12.0. The number of hydrazine groups is 1. The highest BCUT2D eigenvalue weighted by Crippen LogP contribution is 2.17. The van der Waals surface area contributed by atoms with Gasteiger partial charge < -0.3 is 4.74 Å². The molecule has 0 saturated carbocycles. The summed E-state index contributed by atoms with van der Waals surface area (Å²) in [6.07, 6.45) is 3.17. The zero-order chi connectivity index (χ0) is 14.4. The van der Waals surface area contributed by atoms with Gasteiger partial charge in [-0.15, -0.1) is 0 Å². The Hall–Kier alpha value is -2.59. The van der Waals surface area contributed by atoms with Crippen molar-refractivity contribution in [3.8, 4) is 5.75 Å². The Labute approximate surface area is 118 Å². The number of anilines is 1. The molecule has 0 unspecified atom stereocenters. The summed E-state index contributed by atoms with van der Waals surface area (Å²) >= 11 is 0. The third-order valence-electron chi connectivity index (χ3n) is 2.81. The first-order valence-electron chi connectivity index (χ1n) is 6.16. The summed E-state index contributed by atoms with van der Waals surface area (Å²) in [7, 11) is 1.59. The van der Waals surface area contributed by atoms with E-state index in [1.807, 2.05) is 30.3 Å². The zero-order valence-corrected chi connectivity index (χ0v) is 11.2. The standard InChI is InChI=1S/C16H16N2O2/c1-20-15-10-8-14(9-11-15)18(17)16(19)12-7-13-5-3-2-4-6-13/h2-12H,17H2,1H3/b12-7+. The molecule has 0 saturated heterocycles. The molecule has 2 aromatic carbocycles. The van der Waals surface area contributed by atoms with Gasteiger partial charge in [0.15, 0.2) is 0 Å². The molecule has 2 N–H and O–H groups in total. The molecule has 0 aliphatic carbocycles. The van der Waals surface area contributed by atoms with Crippen molar-refractivity contribution in [2.75, 3.05) is 12.1 Å². The predicted molar refractivity (Wildman–Crippen MR) is 80.1 cm³/mol. The van der Waals surface area contributed by atoms with Gasteiger partial charge in [0.05, 0.1) is 12.8 Å². The molecule has 0 aliphatic heterocycles. The van der Waals surface area contributed by atoms with Crippen LogP contribution >= 0.6 is 0 Å². The van der Waals surface area contributed by atoms with Crippen molar-refractivity contribution in [2.24, 2.45) is 5.84 Å². The number of hydrogen-bond acceptors (Lipinski definition) is 3. The lowest BCUT2D eigenvalue weighted by atomic mass is 10.2. The van der Waals surface area contributed by atoms with Gasteiger partial charge in [-0.05, 0) is 35.9 Å². The van der Waals surface area contributed by atoms with E-state index in [9.17, 15) is 4.79 Å². The fourth-order valence-electron chi connectivity index (χ4n) is 1.68. The summed E-state index contributed by atoms with van der Waals surface area (Å²) in [4.78, 5) is 12.0. The fraction of sp³-hybridized carbons (Fsp3) is 0.0625. The molecule has 0 aromatic heterocycles. The molecule has 0 radical (unpaired) electrons. The first kappa shape index (κ1) is 13.8. The molecule has 4 heteroatoms. The second-order valence-corrected chi connectivity index (χ2v) is 4.15. The summed E-state index contributed by atoms with van der Waals surface area (Å²) in [5.74, 6) is 6.21. The minimum atomic E-state index is -0.293. The largest absolute Gasteiger partial charge is 0.497 e. The van der Waals surface area contributed by atoms with Gasteiger partial charge >= 0.3 is 0 Å². The number of carbonyl (C=O) groups excluding carboxylic acids is 1. The summed E-state index contributed by atoms with van der Waals surface area (Å²) < 4.78 is 5.06. The third-order valence-corrected chi connectivity index (χ3v) is 2.81. The second-order valence-electron chi connectivity index (χ2n) is 4.15. The number of hydrogen-bond donors (Lipinski definition) is 1. The highest BCUT2D eigenvalue weighted by Gasteiger charge is 2.08. The van der Waals surface area contributed by atoms with Crippen LogP contribution in [0.2, 0.25) is 0 Å². The molecular formula is C16H16N2O2. The van der Waals surface area contributed by atoms with E-state index in [4.69, 9.17) is 10.6 Å². The van der Waals surface area contributed by atoms with Crippen LogP contribution in [0.15, 0.2) is 60.7 Å². The Bertz CT molecular complexity index is 592. The van der Waals surface area contributed by atoms with Gasteiger partial charge in [-0.2, -0.15) is 0 Å². The van der Waals surface area contributed by atoms with E-state index in [1.165, 1.54) is 6.08 Å². The normalized spacial score (nSPS) is 10.5. The topological polar surface area (TPSA) is 55.6 Å². The summed E-state index contributed by atoms with van der Waals surface area (Å²) in [6, 6.07) is 16.5. The van der Waals surface area contributed by atoms with Crippen LogP contribution in [-0.2, 0) is 4.79 Å². The first-order valence-corrected chi connectivity index (χ1v) is 6.16. The van der Waals surface area contributed by atoms with Crippen LogP contribution in [0.5, 0.6) is 5.75 Å². The number of carbonyl (C=O) groups is 1. The molecule has 0 heterocycles. The van der Waals surface area contributed by atoms with E-state index in [0.29, 0.717) is 5.69 Å². The molecule has 102 valence electrons. The van der Waals surface area contributed by atoms with Gasteiger partial charge in [-0.1, -0.05) is 30.3 Å². The molecule has 0 atom stereocenters. The third kappa shape index (κ3) is 3.46. The lowest BCUT2D eigenvalue weighted by molar-refractivity contribution is -0.114. The molecule has 0 aliphatic rings. The van der Waals surface area contributed by atoms with E-state index in [-0.39, 0.29) is 5.91 Å². The quantitative estimate of drug-likeness (QED) is 0.401. The summed E-state index contributed by atoms with van der Waals surface area (Å²) in [6.45, 7) is 0. The molecule has 2 rings (SSSR count). The lowest BCUT2D eigenvalue weighted by Crippen LogP contribution is -2.36. The highest BCUT2D eigenvalue weighted by atomic mass is 16.5. The van der Waals surface area contributed by atoms with E-state index in [2.05, 4.69) is 0 Å². The fourth-order valence-corrected chi connectivity index (χ4v) is 1.68. The Morgan fingerprint density at radius 3 is 2.35 bits per heavy atom. The van der Waals surface area contributed by atoms with Crippen LogP contribution in [0, 0.1) is 0 Å². The Balaban J connectivity index is 2.06. The first-order chi connectivity index (χ1) is 9.70. The second kappa shape index (κ2) is 6.54. The Morgan fingerprint density at radius 2 is 1.75 bits per heavy atom. The monoisotopic (exact) mass is 268 g/mol. The minimum absolute atomic E-state index is 0.293. The Kier molecular flexibility index (Phi) is 4.52. The number of benzene rings is 2. The van der Waals surface area contributed by atoms with Crippen molar-refractivity contribution in [3.63, 3.8) is 0 Å². The molecule has 0 bridgehead atoms. The average Bonchev–Trinajstić information content (AvgIpc) is 2.53. The smallest absolute Gasteiger partial charge is 0.265 e. The van der Waals surface area contributed by atoms with Crippen LogP contribution in [-0.4, -0.2) is 13.0 Å². The molecule has 2 aromatic rings. The molecule has 4 nitrogen and oxygen atoms in total. The van der Waals surface area contributed by atoms with Crippen LogP contribution in [0.25, 0.3) is 6.08 Å². The maximum Gasteiger partial charge on any atom is 0.265 e. The molecular weight excluding hydrogens is 252 g/mol. The van der Waals surface area contributed by atoms with Crippen molar-refractivity contribution in [1.29, 1.82) is 0 Å². The van der Waals surface area contributed by atoms with E-state index >= 15 is 0 Å². The van der Waals surface area contributed by atoms with Crippen molar-refractivity contribution in [2.45, 2.75) is 0 Å². The number of nitrogens with zero attached hydrogens (tertiary/aromatic N) is 1. The van der Waals surface area contributed by atoms with E-state index < -0.39 is 0 Å². The van der Waals surface area contributed by atoms with Gasteiger partial charge in [0.2, 0.25) is 0 Å². The van der Waals surface area contributed by atoms with Crippen molar-refractivity contribution in [3.05, 3.63) is 66.2 Å². The van der Waals surface area contributed by atoms with E-state index in [1.54, 1.807) is 37.5 Å². The van der Waals surface area contributed by atoms with Gasteiger partial charge in [-0.25, -0.2) is 10.9 Å². The van der Waals surface area contributed by atoms with Crippen LogP contribution in [0.4, 0.5) is 5.69 Å². The predicted octanol–water partition coefficient (Wildman–Crippen LogP) is 2.62. The number of ether oxygens (including phenoxy) is 1. The maximum absolute atomic E-state index is 12.0. The van der Waals surface area contributed by atoms with Gasteiger partial charge in [0, 0.05) is 6.08 Å². The van der Waals surface area contributed by atoms with E-state index in [0.717, 1.165) is 16.3 Å². The SMILES string of the molecule is COc1ccc(N(N)C(=O)/C=C/c2ccccc2)cc1. The average molecular weight is 268 g/mol. The Morgan fingerprint density at radius 1 is 1.10 bits per heavy atom. The summed E-state index contributed by atoms with van der Waals surface area (Å²) in [5, 5.41) is 1.10. The molecule has 1 amide bonds. The minimum Gasteiger partial charge on any atom is -0.497 e. The number of rotatable bonds is 4. The summed E-state index contributed by atoms with van der Waals surface area (Å²) in [5.41, 5.74) is 1.55. The van der Waals surface area contributed by atoms with Gasteiger partial charge in [-0.3, -0.25) is 4.79 Å². The molecule has 0 spiro atoms.